The third-order valence-electron chi connectivity index (χ3n) is 4.14. The first-order chi connectivity index (χ1) is 11.8. The molecule has 1 N–H and O–H groups in total. The summed E-state index contributed by atoms with van der Waals surface area (Å²) in [7, 11) is 2.92. The summed E-state index contributed by atoms with van der Waals surface area (Å²) in [5.41, 5.74) is 1.64. The maximum absolute atomic E-state index is 12.6. The molecule has 0 saturated carbocycles. The number of nitrogens with zero attached hydrogens (tertiary/aromatic N) is 3. The minimum Gasteiger partial charge on any atom is -0.358 e. The Bertz CT molecular complexity index is 701. The molecule has 1 aliphatic rings. The molecule has 1 saturated heterocycles. The third kappa shape index (κ3) is 3.78. The number of hydrogen-bond donors (Lipinski definition) is 1. The predicted octanol–water partition coefficient (Wildman–Crippen LogP) is 0.357. The number of rotatable bonds is 5. The van der Waals surface area contributed by atoms with Crippen LogP contribution in [0.1, 0.15) is 12.5 Å². The molecular formula is C17H22N4O4. The largest absolute Gasteiger partial charge is 0.358 e. The van der Waals surface area contributed by atoms with E-state index in [2.05, 4.69) is 5.32 Å². The SMILES string of the molecule is CNC(=O)CN(C)C(=O)CN1C(=O)[C@@H](C)N(c2ccc(C)cc2)C1=O. The van der Waals surface area contributed by atoms with Crippen LogP contribution in [-0.4, -0.2) is 66.8 Å². The van der Waals surface area contributed by atoms with E-state index >= 15 is 0 Å². The van der Waals surface area contributed by atoms with Crippen LogP contribution in [0.5, 0.6) is 0 Å². The standard InChI is InChI=1S/C17H22N4O4/c1-11-5-7-13(8-6-11)21-12(2)16(24)20(17(21)25)10-15(23)19(4)9-14(22)18-3/h5-8,12H,9-10H2,1-4H3,(H,18,22)/t12-/m1/s1. The van der Waals surface area contributed by atoms with Crippen molar-refractivity contribution >= 4 is 29.4 Å². The normalized spacial score (nSPS) is 17.0. The lowest BCUT2D eigenvalue weighted by atomic mass is 10.2. The van der Waals surface area contributed by atoms with Crippen molar-refractivity contribution in [3.8, 4) is 0 Å². The lowest BCUT2D eigenvalue weighted by Crippen LogP contribution is -2.44. The van der Waals surface area contributed by atoms with E-state index in [0.717, 1.165) is 10.5 Å². The van der Waals surface area contributed by atoms with Crippen molar-refractivity contribution in [1.29, 1.82) is 0 Å². The number of nitrogens with one attached hydrogen (secondary N) is 1. The van der Waals surface area contributed by atoms with Crippen LogP contribution in [0.15, 0.2) is 24.3 Å². The molecule has 0 aliphatic carbocycles. The topological polar surface area (TPSA) is 90.0 Å². The van der Waals surface area contributed by atoms with Gasteiger partial charge in [0.1, 0.15) is 12.6 Å². The molecule has 0 radical (unpaired) electrons. The molecule has 1 heterocycles. The molecule has 1 atom stereocenters. The fourth-order valence-corrected chi connectivity index (χ4v) is 2.55. The number of urea groups is 1. The Labute approximate surface area is 146 Å². The molecular weight excluding hydrogens is 324 g/mol. The molecule has 8 heteroatoms. The summed E-state index contributed by atoms with van der Waals surface area (Å²) >= 11 is 0. The summed E-state index contributed by atoms with van der Waals surface area (Å²) in [6, 6.07) is 6.01. The second-order valence-corrected chi connectivity index (χ2v) is 6.01. The van der Waals surface area contributed by atoms with Crippen LogP contribution in [-0.2, 0) is 14.4 Å². The molecule has 1 fully saturated rings. The smallest absolute Gasteiger partial charge is 0.332 e. The number of amides is 5. The van der Waals surface area contributed by atoms with Crippen LogP contribution in [0.25, 0.3) is 0 Å². The number of hydrogen-bond acceptors (Lipinski definition) is 4. The van der Waals surface area contributed by atoms with Crippen LogP contribution in [0, 0.1) is 6.92 Å². The fourth-order valence-electron chi connectivity index (χ4n) is 2.55. The molecule has 0 bridgehead atoms. The first-order valence-electron chi connectivity index (χ1n) is 7.92. The van der Waals surface area contributed by atoms with Crippen molar-refractivity contribution in [2.45, 2.75) is 19.9 Å². The lowest BCUT2D eigenvalue weighted by molar-refractivity contribution is -0.138. The Kier molecular flexibility index (Phi) is 5.41. The van der Waals surface area contributed by atoms with E-state index in [1.54, 1.807) is 19.1 Å². The highest BCUT2D eigenvalue weighted by atomic mass is 16.2. The van der Waals surface area contributed by atoms with Crippen LogP contribution in [0.2, 0.25) is 0 Å². The van der Waals surface area contributed by atoms with Crippen LogP contribution in [0.3, 0.4) is 0 Å². The molecule has 5 amide bonds. The highest BCUT2D eigenvalue weighted by molar-refractivity contribution is 6.15. The summed E-state index contributed by atoms with van der Waals surface area (Å²) in [5, 5.41) is 2.41. The Morgan fingerprint density at radius 1 is 1.20 bits per heavy atom. The molecule has 1 aromatic carbocycles. The Balaban J connectivity index is 2.13. The Hall–Kier alpha value is -2.90. The van der Waals surface area contributed by atoms with E-state index in [1.165, 1.54) is 23.9 Å². The number of imide groups is 1. The molecule has 0 aromatic heterocycles. The van der Waals surface area contributed by atoms with Gasteiger partial charge in [0, 0.05) is 19.8 Å². The van der Waals surface area contributed by atoms with Gasteiger partial charge >= 0.3 is 6.03 Å². The van der Waals surface area contributed by atoms with E-state index in [1.807, 2.05) is 19.1 Å². The summed E-state index contributed by atoms with van der Waals surface area (Å²) in [4.78, 5) is 52.1. The van der Waals surface area contributed by atoms with Crippen molar-refractivity contribution < 1.29 is 19.2 Å². The van der Waals surface area contributed by atoms with Gasteiger partial charge in [-0.15, -0.1) is 0 Å². The second kappa shape index (κ2) is 7.33. The van der Waals surface area contributed by atoms with E-state index in [9.17, 15) is 19.2 Å². The van der Waals surface area contributed by atoms with Gasteiger partial charge in [-0.3, -0.25) is 24.2 Å². The highest BCUT2D eigenvalue weighted by Crippen LogP contribution is 2.26. The second-order valence-electron chi connectivity index (χ2n) is 6.01. The number of carbonyl (C=O) groups is 4. The maximum Gasteiger partial charge on any atom is 0.332 e. The summed E-state index contributed by atoms with van der Waals surface area (Å²) in [6.45, 7) is 3.02. The number of carbonyl (C=O) groups excluding carboxylic acids is 4. The van der Waals surface area contributed by atoms with Crippen molar-refractivity contribution in [3.63, 3.8) is 0 Å². The number of anilines is 1. The zero-order valence-electron chi connectivity index (χ0n) is 14.8. The van der Waals surface area contributed by atoms with Crippen molar-refractivity contribution in [1.82, 2.24) is 15.1 Å². The first-order valence-corrected chi connectivity index (χ1v) is 7.92. The van der Waals surface area contributed by atoms with Crippen LogP contribution >= 0.6 is 0 Å². The average Bonchev–Trinajstić information content (AvgIpc) is 2.79. The number of benzene rings is 1. The zero-order valence-corrected chi connectivity index (χ0v) is 14.8. The fraction of sp³-hybridized carbons (Fsp3) is 0.412. The predicted molar refractivity (Wildman–Crippen MR) is 91.9 cm³/mol. The number of likely N-dealkylation sites (N-methyl/N-ethyl adjacent to an activating group) is 2. The lowest BCUT2D eigenvalue weighted by Gasteiger charge is -2.21. The monoisotopic (exact) mass is 346 g/mol. The minimum atomic E-state index is -0.688. The van der Waals surface area contributed by atoms with E-state index in [-0.39, 0.29) is 12.5 Å². The summed E-state index contributed by atoms with van der Waals surface area (Å²) < 4.78 is 0. The van der Waals surface area contributed by atoms with Crippen LogP contribution in [0.4, 0.5) is 10.5 Å². The minimum absolute atomic E-state index is 0.136. The van der Waals surface area contributed by atoms with E-state index in [0.29, 0.717) is 5.69 Å². The van der Waals surface area contributed by atoms with Crippen molar-refractivity contribution in [3.05, 3.63) is 29.8 Å². The molecule has 2 rings (SSSR count). The molecule has 0 unspecified atom stereocenters. The van der Waals surface area contributed by atoms with Gasteiger partial charge in [0.2, 0.25) is 11.8 Å². The molecule has 25 heavy (non-hydrogen) atoms. The molecule has 134 valence electrons. The highest BCUT2D eigenvalue weighted by Gasteiger charge is 2.44. The van der Waals surface area contributed by atoms with Gasteiger partial charge < -0.3 is 10.2 Å². The molecule has 8 nitrogen and oxygen atoms in total. The van der Waals surface area contributed by atoms with E-state index < -0.39 is 30.4 Å². The summed E-state index contributed by atoms with van der Waals surface area (Å²) in [5.74, 6) is -1.25. The summed E-state index contributed by atoms with van der Waals surface area (Å²) in [6.07, 6.45) is 0. The van der Waals surface area contributed by atoms with Crippen LogP contribution < -0.4 is 10.2 Å². The first kappa shape index (κ1) is 18.4. The Morgan fingerprint density at radius 3 is 2.36 bits per heavy atom. The van der Waals surface area contributed by atoms with Crippen molar-refractivity contribution in [2.24, 2.45) is 0 Å². The van der Waals surface area contributed by atoms with E-state index in [4.69, 9.17) is 0 Å². The maximum atomic E-state index is 12.6. The van der Waals surface area contributed by atoms with Gasteiger partial charge in [-0.1, -0.05) is 17.7 Å². The third-order valence-corrected chi connectivity index (χ3v) is 4.14. The van der Waals surface area contributed by atoms with Gasteiger partial charge in [-0.25, -0.2) is 4.79 Å². The van der Waals surface area contributed by atoms with Crippen molar-refractivity contribution in [2.75, 3.05) is 32.1 Å². The van der Waals surface area contributed by atoms with Gasteiger partial charge in [-0.2, -0.15) is 0 Å². The molecule has 1 aliphatic heterocycles. The van der Waals surface area contributed by atoms with Gasteiger partial charge in [0.15, 0.2) is 0 Å². The Morgan fingerprint density at radius 2 is 1.80 bits per heavy atom. The van der Waals surface area contributed by atoms with Gasteiger partial charge in [0.25, 0.3) is 5.91 Å². The number of aryl methyl sites for hydroxylation is 1. The molecule has 1 aromatic rings. The quantitative estimate of drug-likeness (QED) is 0.780. The van der Waals surface area contributed by atoms with Gasteiger partial charge in [-0.05, 0) is 26.0 Å². The molecule has 0 spiro atoms. The average molecular weight is 346 g/mol. The zero-order chi connectivity index (χ0) is 18.7. The van der Waals surface area contributed by atoms with Gasteiger partial charge in [0.05, 0.1) is 6.54 Å².